The third-order valence-corrected chi connectivity index (χ3v) is 6.74. The molecule has 5 nitrogen and oxygen atoms in total. The highest BCUT2D eigenvalue weighted by Gasteiger charge is 2.36. The minimum atomic E-state index is -0.550. The number of carbonyl (C=O) groups excluding carboxylic acids is 2. The molecule has 2 aromatic rings. The largest absolute Gasteiger partial charge is 0.496 e. The van der Waals surface area contributed by atoms with Crippen molar-refractivity contribution < 1.29 is 18.7 Å². The molecule has 2 aliphatic heterocycles. The maximum Gasteiger partial charge on any atom is 0.293 e. The van der Waals surface area contributed by atoms with Gasteiger partial charge in [-0.2, -0.15) is 0 Å². The van der Waals surface area contributed by atoms with Crippen LogP contribution in [0.1, 0.15) is 30.4 Å². The maximum atomic E-state index is 14.1. The molecule has 8 heteroatoms. The number of amides is 2. The number of imide groups is 1. The quantitative estimate of drug-likeness (QED) is 0.534. The number of hydrogen-bond donors (Lipinski definition) is 0. The first-order valence-corrected chi connectivity index (χ1v) is 11.3. The summed E-state index contributed by atoms with van der Waals surface area (Å²) in [5.74, 6) is -0.394. The summed E-state index contributed by atoms with van der Waals surface area (Å²) in [5, 5.41) is -0.280. The van der Waals surface area contributed by atoms with Crippen molar-refractivity contribution in [1.29, 1.82) is 0 Å². The first-order valence-electron chi connectivity index (χ1n) is 10.1. The van der Waals surface area contributed by atoms with Gasteiger partial charge in [0, 0.05) is 41.0 Å². The summed E-state index contributed by atoms with van der Waals surface area (Å²) in [6, 6.07) is 10.1. The van der Waals surface area contributed by atoms with Crippen LogP contribution in [-0.4, -0.2) is 36.2 Å². The van der Waals surface area contributed by atoms with Crippen molar-refractivity contribution in [2.45, 2.75) is 25.8 Å². The number of carbonyl (C=O) groups is 2. The van der Waals surface area contributed by atoms with Crippen LogP contribution in [0.2, 0.25) is 5.02 Å². The van der Waals surface area contributed by atoms with Gasteiger partial charge in [-0.05, 0) is 61.4 Å². The summed E-state index contributed by atoms with van der Waals surface area (Å²) in [4.78, 5) is 28.9. The third-order valence-electron chi connectivity index (χ3n) is 5.48. The lowest BCUT2D eigenvalue weighted by molar-refractivity contribution is -0.123. The van der Waals surface area contributed by atoms with Gasteiger partial charge in [0.15, 0.2) is 0 Å². The zero-order valence-corrected chi connectivity index (χ0v) is 18.6. The Balaban J connectivity index is 1.57. The van der Waals surface area contributed by atoms with E-state index in [-0.39, 0.29) is 22.0 Å². The lowest BCUT2D eigenvalue weighted by atomic mass is 10.1. The van der Waals surface area contributed by atoms with Crippen LogP contribution in [0.4, 0.5) is 14.9 Å². The van der Waals surface area contributed by atoms with E-state index in [9.17, 15) is 14.0 Å². The van der Waals surface area contributed by atoms with E-state index in [1.165, 1.54) is 37.5 Å². The van der Waals surface area contributed by atoms with E-state index < -0.39 is 17.0 Å². The zero-order chi connectivity index (χ0) is 22.0. The highest BCUT2D eigenvalue weighted by Crippen LogP contribution is 2.37. The Morgan fingerprint density at radius 1 is 1.16 bits per heavy atom. The predicted octanol–water partition coefficient (Wildman–Crippen LogP) is 5.71. The Bertz CT molecular complexity index is 1030. The van der Waals surface area contributed by atoms with Crippen molar-refractivity contribution in [2.75, 3.05) is 25.1 Å². The van der Waals surface area contributed by atoms with Gasteiger partial charge < -0.3 is 9.64 Å². The van der Waals surface area contributed by atoms with Gasteiger partial charge in [0.2, 0.25) is 0 Å². The molecular formula is C23H22ClFN2O3S. The second-order valence-corrected chi connectivity index (χ2v) is 8.84. The lowest BCUT2D eigenvalue weighted by Crippen LogP contribution is -2.29. The normalized spacial score (nSPS) is 18.2. The van der Waals surface area contributed by atoms with Gasteiger partial charge >= 0.3 is 0 Å². The van der Waals surface area contributed by atoms with Gasteiger partial charge in [-0.25, -0.2) is 4.39 Å². The molecule has 2 aromatic carbocycles. The maximum absolute atomic E-state index is 14.1. The fraction of sp³-hybridized carbons (Fsp3) is 0.304. The molecular weight excluding hydrogens is 439 g/mol. The molecule has 2 saturated heterocycles. The van der Waals surface area contributed by atoms with Crippen LogP contribution in [-0.2, 0) is 11.3 Å². The van der Waals surface area contributed by atoms with E-state index in [1.54, 1.807) is 13.2 Å². The summed E-state index contributed by atoms with van der Waals surface area (Å²) in [6.45, 7) is 1.82. The average Bonchev–Trinajstić information content (AvgIpc) is 3.04. The molecule has 2 heterocycles. The number of methoxy groups -OCH3 is 1. The monoisotopic (exact) mass is 460 g/mol. The number of hydrogen-bond acceptors (Lipinski definition) is 5. The van der Waals surface area contributed by atoms with E-state index in [0.717, 1.165) is 35.4 Å². The Morgan fingerprint density at radius 2 is 1.94 bits per heavy atom. The average molecular weight is 461 g/mol. The Morgan fingerprint density at radius 3 is 2.65 bits per heavy atom. The zero-order valence-electron chi connectivity index (χ0n) is 17.1. The fourth-order valence-corrected chi connectivity index (χ4v) is 4.84. The number of thioether (sulfide) groups is 1. The Labute approximate surface area is 189 Å². The number of nitrogens with zero attached hydrogens (tertiary/aromatic N) is 2. The highest BCUT2D eigenvalue weighted by atomic mass is 35.5. The minimum absolute atomic E-state index is 0.121. The van der Waals surface area contributed by atoms with Crippen LogP contribution in [0.15, 0.2) is 41.3 Å². The number of benzene rings is 2. The summed E-state index contributed by atoms with van der Waals surface area (Å²) < 4.78 is 19.7. The Kier molecular flexibility index (Phi) is 6.53. The second-order valence-electron chi connectivity index (χ2n) is 7.44. The molecule has 0 bridgehead atoms. The van der Waals surface area contributed by atoms with Gasteiger partial charge in [-0.3, -0.25) is 14.5 Å². The van der Waals surface area contributed by atoms with Crippen LogP contribution in [0.5, 0.6) is 5.75 Å². The first kappa shape index (κ1) is 21.7. The molecule has 0 aliphatic carbocycles. The van der Waals surface area contributed by atoms with Gasteiger partial charge in [0.1, 0.15) is 11.6 Å². The van der Waals surface area contributed by atoms with E-state index in [2.05, 4.69) is 4.90 Å². The third kappa shape index (κ3) is 4.57. The summed E-state index contributed by atoms with van der Waals surface area (Å²) >= 11 is 6.88. The first-order chi connectivity index (χ1) is 15.0. The van der Waals surface area contributed by atoms with Crippen molar-refractivity contribution >= 4 is 46.3 Å². The van der Waals surface area contributed by atoms with E-state index in [4.69, 9.17) is 16.3 Å². The van der Waals surface area contributed by atoms with Gasteiger partial charge in [-0.1, -0.05) is 17.7 Å². The molecule has 0 radical (unpaired) electrons. The number of halogens is 2. The van der Waals surface area contributed by atoms with Crippen molar-refractivity contribution in [3.8, 4) is 5.75 Å². The molecule has 2 fully saturated rings. The standard InChI is InChI=1S/C23H22ClFN2O3S/c1-30-20-13-16(26-10-3-2-4-11-26)9-8-15(20)12-21-22(28)27(23(29)31-21)14-17-18(24)6-5-7-19(17)25/h5-9,12-13H,2-4,10-11,14H2,1H3/b21-12-. The summed E-state index contributed by atoms with van der Waals surface area (Å²) in [5.41, 5.74) is 1.91. The van der Waals surface area contributed by atoms with Crippen molar-refractivity contribution in [3.05, 3.63) is 63.3 Å². The lowest BCUT2D eigenvalue weighted by Gasteiger charge is -2.29. The molecule has 0 aromatic heterocycles. The van der Waals surface area contributed by atoms with Gasteiger partial charge in [0.25, 0.3) is 11.1 Å². The predicted molar refractivity (Wildman–Crippen MR) is 122 cm³/mol. The smallest absolute Gasteiger partial charge is 0.293 e. The molecule has 0 spiro atoms. The number of piperidine rings is 1. The number of ether oxygens (including phenoxy) is 1. The molecule has 2 aliphatic rings. The second kappa shape index (κ2) is 9.32. The van der Waals surface area contributed by atoms with Crippen LogP contribution >= 0.6 is 23.4 Å². The van der Waals surface area contributed by atoms with E-state index >= 15 is 0 Å². The number of rotatable bonds is 5. The molecule has 31 heavy (non-hydrogen) atoms. The molecule has 0 saturated carbocycles. The van der Waals surface area contributed by atoms with E-state index in [0.29, 0.717) is 11.3 Å². The SMILES string of the molecule is COc1cc(N2CCCCC2)ccc1/C=C1\SC(=O)N(Cc2c(F)cccc2Cl)C1=O. The van der Waals surface area contributed by atoms with Crippen molar-refractivity contribution in [2.24, 2.45) is 0 Å². The molecule has 2 amide bonds. The fourth-order valence-electron chi connectivity index (χ4n) is 3.79. The molecule has 0 unspecified atom stereocenters. The summed E-state index contributed by atoms with van der Waals surface area (Å²) in [6.07, 6.45) is 5.24. The van der Waals surface area contributed by atoms with Crippen molar-refractivity contribution in [3.63, 3.8) is 0 Å². The van der Waals surface area contributed by atoms with Crippen LogP contribution < -0.4 is 9.64 Å². The van der Waals surface area contributed by atoms with Gasteiger partial charge in [-0.15, -0.1) is 0 Å². The number of anilines is 1. The molecule has 0 atom stereocenters. The van der Waals surface area contributed by atoms with Crippen LogP contribution in [0.3, 0.4) is 0 Å². The van der Waals surface area contributed by atoms with Gasteiger partial charge in [0.05, 0.1) is 18.6 Å². The summed E-state index contributed by atoms with van der Waals surface area (Å²) in [7, 11) is 1.58. The molecule has 0 N–H and O–H groups in total. The topological polar surface area (TPSA) is 49.9 Å². The van der Waals surface area contributed by atoms with E-state index in [1.807, 2.05) is 18.2 Å². The van der Waals surface area contributed by atoms with Crippen LogP contribution in [0.25, 0.3) is 6.08 Å². The molecule has 4 rings (SSSR count). The Hall–Kier alpha value is -2.51. The molecule has 162 valence electrons. The van der Waals surface area contributed by atoms with Crippen molar-refractivity contribution in [1.82, 2.24) is 4.90 Å². The minimum Gasteiger partial charge on any atom is -0.496 e. The highest BCUT2D eigenvalue weighted by molar-refractivity contribution is 8.18. The van der Waals surface area contributed by atoms with Crippen LogP contribution in [0, 0.1) is 5.82 Å².